The van der Waals surface area contributed by atoms with E-state index in [2.05, 4.69) is 26.0 Å². The van der Waals surface area contributed by atoms with E-state index in [1.165, 1.54) is 5.56 Å². The van der Waals surface area contributed by atoms with Crippen molar-refractivity contribution in [2.45, 2.75) is 33.1 Å². The van der Waals surface area contributed by atoms with Crippen molar-refractivity contribution in [1.29, 1.82) is 0 Å². The topological polar surface area (TPSA) is 46.3 Å². The lowest BCUT2D eigenvalue weighted by Crippen LogP contribution is -2.31. The van der Waals surface area contributed by atoms with E-state index in [1.54, 1.807) is 4.90 Å². The third-order valence-electron chi connectivity index (χ3n) is 2.85. The zero-order valence-corrected chi connectivity index (χ0v) is 10.9. The molecule has 0 saturated heterocycles. The smallest absolute Gasteiger partial charge is 0.228 e. The number of amides is 1. The van der Waals surface area contributed by atoms with Crippen LogP contribution >= 0.6 is 0 Å². The highest BCUT2D eigenvalue weighted by Gasteiger charge is 2.12. The van der Waals surface area contributed by atoms with Gasteiger partial charge in [0.05, 0.1) is 0 Å². The lowest BCUT2D eigenvalue weighted by atomic mass is 10.0. The summed E-state index contributed by atoms with van der Waals surface area (Å²) in [6.07, 6.45) is 0.403. The second kappa shape index (κ2) is 6.40. The van der Waals surface area contributed by atoms with E-state index in [-0.39, 0.29) is 5.91 Å². The van der Waals surface area contributed by atoms with Crippen LogP contribution in [0.1, 0.15) is 38.7 Å². The van der Waals surface area contributed by atoms with Crippen molar-refractivity contribution in [2.24, 2.45) is 5.73 Å². The molecule has 17 heavy (non-hydrogen) atoms. The Hall–Kier alpha value is -1.35. The molecule has 3 nitrogen and oxygen atoms in total. The van der Waals surface area contributed by atoms with Gasteiger partial charge in [-0.05, 0) is 30.5 Å². The molecular formula is C14H22N2O. The molecule has 0 aliphatic rings. The van der Waals surface area contributed by atoms with Crippen LogP contribution in [0.5, 0.6) is 0 Å². The Morgan fingerprint density at radius 2 is 1.88 bits per heavy atom. The number of carbonyl (C=O) groups is 1. The Morgan fingerprint density at radius 3 is 2.29 bits per heavy atom. The van der Waals surface area contributed by atoms with Gasteiger partial charge in [0.25, 0.3) is 0 Å². The van der Waals surface area contributed by atoms with Crippen molar-refractivity contribution >= 4 is 11.6 Å². The highest BCUT2D eigenvalue weighted by molar-refractivity contribution is 5.93. The molecule has 0 radical (unpaired) electrons. The molecule has 0 bridgehead atoms. The molecule has 0 unspecified atom stereocenters. The number of hydrogen-bond acceptors (Lipinski definition) is 2. The minimum Gasteiger partial charge on any atom is -0.330 e. The summed E-state index contributed by atoms with van der Waals surface area (Å²) in [5, 5.41) is 0. The van der Waals surface area contributed by atoms with Crippen LogP contribution in [0.25, 0.3) is 0 Å². The van der Waals surface area contributed by atoms with Crippen molar-refractivity contribution in [3.8, 4) is 0 Å². The predicted octanol–water partition coefficient (Wildman–Crippen LogP) is 2.51. The largest absolute Gasteiger partial charge is 0.330 e. The molecule has 3 heteroatoms. The molecule has 94 valence electrons. The van der Waals surface area contributed by atoms with E-state index in [0.29, 0.717) is 25.4 Å². The molecule has 0 aromatic heterocycles. The molecule has 0 aliphatic heterocycles. The van der Waals surface area contributed by atoms with Gasteiger partial charge in [0, 0.05) is 25.2 Å². The molecule has 0 fully saturated rings. The Balaban J connectivity index is 2.85. The van der Waals surface area contributed by atoms with Crippen LogP contribution in [0, 0.1) is 0 Å². The zero-order valence-electron chi connectivity index (χ0n) is 10.9. The Morgan fingerprint density at radius 1 is 1.29 bits per heavy atom. The second-order valence-corrected chi connectivity index (χ2v) is 4.42. The van der Waals surface area contributed by atoms with E-state index >= 15 is 0 Å². The first-order valence-corrected chi connectivity index (χ1v) is 6.20. The molecule has 0 atom stereocenters. The Bertz CT molecular complexity index is 357. The standard InChI is InChI=1S/C14H22N2O/c1-4-16(14(17)9-10-15)13-7-5-12(6-8-13)11(2)3/h5-8,11H,4,9-10,15H2,1-3H3. The highest BCUT2D eigenvalue weighted by atomic mass is 16.2. The summed E-state index contributed by atoms with van der Waals surface area (Å²) in [4.78, 5) is 13.6. The first-order chi connectivity index (χ1) is 8.10. The number of carbonyl (C=O) groups excluding carboxylic acids is 1. The molecule has 0 spiro atoms. The highest BCUT2D eigenvalue weighted by Crippen LogP contribution is 2.20. The van der Waals surface area contributed by atoms with Gasteiger partial charge in [-0.15, -0.1) is 0 Å². The minimum atomic E-state index is 0.0901. The maximum Gasteiger partial charge on any atom is 0.228 e. The molecule has 0 aliphatic carbocycles. The number of nitrogens with two attached hydrogens (primary N) is 1. The number of rotatable bonds is 5. The van der Waals surface area contributed by atoms with Gasteiger partial charge in [-0.1, -0.05) is 26.0 Å². The first kappa shape index (κ1) is 13.7. The molecule has 1 rings (SSSR count). The Labute approximate surface area is 104 Å². The summed E-state index contributed by atoms with van der Waals surface area (Å²) >= 11 is 0. The molecule has 1 aromatic carbocycles. The van der Waals surface area contributed by atoms with E-state index in [4.69, 9.17) is 5.73 Å². The summed E-state index contributed by atoms with van der Waals surface area (Å²) in [6, 6.07) is 8.18. The van der Waals surface area contributed by atoms with Crippen molar-refractivity contribution in [3.05, 3.63) is 29.8 Å². The molecule has 2 N–H and O–H groups in total. The average Bonchev–Trinajstić information content (AvgIpc) is 2.31. The number of anilines is 1. The van der Waals surface area contributed by atoms with Gasteiger partial charge in [0.1, 0.15) is 0 Å². The third-order valence-corrected chi connectivity index (χ3v) is 2.85. The SMILES string of the molecule is CCN(C(=O)CCN)c1ccc(C(C)C)cc1. The average molecular weight is 234 g/mol. The van der Waals surface area contributed by atoms with Gasteiger partial charge in [-0.3, -0.25) is 4.79 Å². The zero-order chi connectivity index (χ0) is 12.8. The van der Waals surface area contributed by atoms with Gasteiger partial charge in [0.2, 0.25) is 5.91 Å². The van der Waals surface area contributed by atoms with E-state index < -0.39 is 0 Å². The van der Waals surface area contributed by atoms with Crippen LogP contribution in [0.2, 0.25) is 0 Å². The van der Waals surface area contributed by atoms with Crippen LogP contribution in [0.15, 0.2) is 24.3 Å². The van der Waals surface area contributed by atoms with Gasteiger partial charge >= 0.3 is 0 Å². The first-order valence-electron chi connectivity index (χ1n) is 6.20. The molecule has 1 amide bonds. The summed E-state index contributed by atoms with van der Waals surface area (Å²) in [5.74, 6) is 0.603. The van der Waals surface area contributed by atoms with Gasteiger partial charge in [-0.25, -0.2) is 0 Å². The number of hydrogen-bond donors (Lipinski definition) is 1. The predicted molar refractivity (Wildman–Crippen MR) is 72.2 cm³/mol. The van der Waals surface area contributed by atoms with Crippen molar-refractivity contribution < 1.29 is 4.79 Å². The fraction of sp³-hybridized carbons (Fsp3) is 0.500. The van der Waals surface area contributed by atoms with Gasteiger partial charge in [0.15, 0.2) is 0 Å². The van der Waals surface area contributed by atoms with Crippen LogP contribution < -0.4 is 10.6 Å². The summed E-state index contributed by atoms with van der Waals surface area (Å²) < 4.78 is 0. The summed E-state index contributed by atoms with van der Waals surface area (Å²) in [7, 11) is 0. The lowest BCUT2D eigenvalue weighted by molar-refractivity contribution is -0.118. The molecular weight excluding hydrogens is 212 g/mol. The molecule has 0 heterocycles. The monoisotopic (exact) mass is 234 g/mol. The van der Waals surface area contributed by atoms with Crippen molar-refractivity contribution in [2.75, 3.05) is 18.0 Å². The van der Waals surface area contributed by atoms with Gasteiger partial charge in [-0.2, -0.15) is 0 Å². The minimum absolute atomic E-state index is 0.0901. The quantitative estimate of drug-likeness (QED) is 0.851. The third kappa shape index (κ3) is 3.56. The maximum atomic E-state index is 11.8. The summed E-state index contributed by atoms with van der Waals surface area (Å²) in [5.41, 5.74) is 7.66. The van der Waals surface area contributed by atoms with Crippen LogP contribution in [-0.4, -0.2) is 19.0 Å². The van der Waals surface area contributed by atoms with E-state index in [1.807, 2.05) is 19.1 Å². The van der Waals surface area contributed by atoms with E-state index in [0.717, 1.165) is 5.69 Å². The number of nitrogens with zero attached hydrogens (tertiary/aromatic N) is 1. The molecule has 0 saturated carbocycles. The van der Waals surface area contributed by atoms with Crippen molar-refractivity contribution in [3.63, 3.8) is 0 Å². The Kier molecular flexibility index (Phi) is 5.16. The maximum absolute atomic E-state index is 11.8. The molecule has 1 aromatic rings. The fourth-order valence-corrected chi connectivity index (χ4v) is 1.80. The number of benzene rings is 1. The fourth-order valence-electron chi connectivity index (χ4n) is 1.80. The van der Waals surface area contributed by atoms with Crippen molar-refractivity contribution in [1.82, 2.24) is 0 Å². The van der Waals surface area contributed by atoms with Gasteiger partial charge < -0.3 is 10.6 Å². The summed E-state index contributed by atoms with van der Waals surface area (Å²) in [6.45, 7) is 7.38. The van der Waals surface area contributed by atoms with Crippen LogP contribution in [0.3, 0.4) is 0 Å². The normalized spacial score (nSPS) is 10.6. The van der Waals surface area contributed by atoms with E-state index in [9.17, 15) is 4.79 Å². The lowest BCUT2D eigenvalue weighted by Gasteiger charge is -2.21. The second-order valence-electron chi connectivity index (χ2n) is 4.42. The van der Waals surface area contributed by atoms with Crippen LogP contribution in [0.4, 0.5) is 5.69 Å². The van der Waals surface area contributed by atoms with Crippen LogP contribution in [-0.2, 0) is 4.79 Å².